The van der Waals surface area contributed by atoms with Crippen LogP contribution < -0.4 is 10.5 Å². The standard InChI is InChI=1S/C9H13N3O2S/c10-4-7-3-8(6-11-5-7)12-15(13,14)9-1-2-9/h3,5-6,9,12H,1-2,4,10H2. The summed E-state index contributed by atoms with van der Waals surface area (Å²) >= 11 is 0. The Kier molecular flexibility index (Phi) is 2.62. The van der Waals surface area contributed by atoms with Gasteiger partial charge in [0.2, 0.25) is 10.0 Å². The van der Waals surface area contributed by atoms with Crippen molar-refractivity contribution in [3.8, 4) is 0 Å². The molecule has 6 heteroatoms. The highest BCUT2D eigenvalue weighted by Crippen LogP contribution is 2.29. The molecular formula is C9H13N3O2S. The summed E-state index contributed by atoms with van der Waals surface area (Å²) in [5, 5.41) is -0.223. The van der Waals surface area contributed by atoms with Gasteiger partial charge in [-0.3, -0.25) is 9.71 Å². The van der Waals surface area contributed by atoms with Crippen molar-refractivity contribution in [2.75, 3.05) is 4.72 Å². The van der Waals surface area contributed by atoms with E-state index in [2.05, 4.69) is 9.71 Å². The molecule has 0 aliphatic heterocycles. The van der Waals surface area contributed by atoms with Crippen molar-refractivity contribution in [1.82, 2.24) is 4.98 Å². The normalized spacial score (nSPS) is 16.3. The minimum atomic E-state index is -3.20. The van der Waals surface area contributed by atoms with Crippen LogP contribution in [-0.4, -0.2) is 18.7 Å². The molecule has 2 rings (SSSR count). The highest BCUT2D eigenvalue weighted by molar-refractivity contribution is 7.93. The third-order valence-corrected chi connectivity index (χ3v) is 4.12. The predicted octanol–water partition coefficient (Wildman–Crippen LogP) is 0.444. The van der Waals surface area contributed by atoms with E-state index in [1.54, 1.807) is 12.3 Å². The third kappa shape index (κ3) is 2.45. The summed E-state index contributed by atoms with van der Waals surface area (Å²) in [7, 11) is -3.20. The SMILES string of the molecule is NCc1cncc(NS(=O)(=O)C2CC2)c1. The van der Waals surface area contributed by atoms with E-state index in [1.165, 1.54) is 6.20 Å². The molecule has 0 spiro atoms. The molecule has 0 atom stereocenters. The molecule has 1 fully saturated rings. The monoisotopic (exact) mass is 227 g/mol. The first kappa shape index (κ1) is 10.4. The minimum Gasteiger partial charge on any atom is -0.326 e. The molecule has 3 N–H and O–H groups in total. The topological polar surface area (TPSA) is 85.1 Å². The van der Waals surface area contributed by atoms with Gasteiger partial charge in [-0.1, -0.05) is 0 Å². The lowest BCUT2D eigenvalue weighted by Gasteiger charge is -2.07. The second kappa shape index (κ2) is 3.79. The smallest absolute Gasteiger partial charge is 0.235 e. The largest absolute Gasteiger partial charge is 0.326 e. The number of rotatable bonds is 4. The van der Waals surface area contributed by atoms with Crippen LogP contribution in [0, 0.1) is 0 Å². The molecule has 0 amide bonds. The number of sulfonamides is 1. The highest BCUT2D eigenvalue weighted by Gasteiger charge is 2.35. The summed E-state index contributed by atoms with van der Waals surface area (Å²) in [4.78, 5) is 3.91. The molecule has 1 aromatic rings. The maximum Gasteiger partial charge on any atom is 0.235 e. The zero-order chi connectivity index (χ0) is 10.9. The van der Waals surface area contributed by atoms with E-state index in [0.29, 0.717) is 12.2 Å². The van der Waals surface area contributed by atoms with E-state index in [4.69, 9.17) is 5.73 Å². The third-order valence-electron chi connectivity index (χ3n) is 2.25. The van der Waals surface area contributed by atoms with E-state index in [1.807, 2.05) is 0 Å². The minimum absolute atomic E-state index is 0.223. The van der Waals surface area contributed by atoms with Crippen molar-refractivity contribution in [1.29, 1.82) is 0 Å². The van der Waals surface area contributed by atoms with Gasteiger partial charge in [-0.25, -0.2) is 8.42 Å². The Labute approximate surface area is 88.8 Å². The molecule has 1 aliphatic carbocycles. The van der Waals surface area contributed by atoms with Crippen molar-refractivity contribution >= 4 is 15.7 Å². The van der Waals surface area contributed by atoms with E-state index in [-0.39, 0.29) is 5.25 Å². The van der Waals surface area contributed by atoms with Gasteiger partial charge in [0.15, 0.2) is 0 Å². The van der Waals surface area contributed by atoms with E-state index in [9.17, 15) is 8.42 Å². The molecule has 5 nitrogen and oxygen atoms in total. The molecule has 1 saturated carbocycles. The second-order valence-corrected chi connectivity index (χ2v) is 5.59. The molecule has 0 aromatic carbocycles. The molecule has 0 radical (unpaired) electrons. The summed E-state index contributed by atoms with van der Waals surface area (Å²) < 4.78 is 25.7. The fraction of sp³-hybridized carbons (Fsp3) is 0.444. The zero-order valence-corrected chi connectivity index (χ0v) is 9.00. The Balaban J connectivity index is 2.16. The van der Waals surface area contributed by atoms with E-state index < -0.39 is 10.0 Å². The number of aromatic nitrogens is 1. The molecule has 15 heavy (non-hydrogen) atoms. The summed E-state index contributed by atoms with van der Waals surface area (Å²) in [5.41, 5.74) is 6.74. The van der Waals surface area contributed by atoms with Crippen molar-refractivity contribution in [3.05, 3.63) is 24.0 Å². The number of hydrogen-bond acceptors (Lipinski definition) is 4. The maximum absolute atomic E-state index is 11.6. The van der Waals surface area contributed by atoms with Crippen LogP contribution in [0.4, 0.5) is 5.69 Å². The number of pyridine rings is 1. The Bertz CT molecular complexity index is 454. The first-order valence-corrected chi connectivity index (χ1v) is 6.32. The predicted molar refractivity (Wildman–Crippen MR) is 57.7 cm³/mol. The molecule has 1 aliphatic rings. The lowest BCUT2D eigenvalue weighted by Crippen LogP contribution is -2.17. The average Bonchev–Trinajstić information content (AvgIpc) is 3.00. The van der Waals surface area contributed by atoms with Crippen LogP contribution in [0.15, 0.2) is 18.5 Å². The van der Waals surface area contributed by atoms with Crippen LogP contribution in [0.3, 0.4) is 0 Å². The lowest BCUT2D eigenvalue weighted by molar-refractivity contribution is 0.600. The molecule has 0 bridgehead atoms. The van der Waals surface area contributed by atoms with Crippen molar-refractivity contribution in [2.45, 2.75) is 24.6 Å². The van der Waals surface area contributed by atoms with Gasteiger partial charge >= 0.3 is 0 Å². The number of nitrogens with one attached hydrogen (secondary N) is 1. The van der Waals surface area contributed by atoms with Gasteiger partial charge in [0.05, 0.1) is 17.1 Å². The van der Waals surface area contributed by atoms with Gasteiger partial charge in [-0.05, 0) is 24.5 Å². The summed E-state index contributed by atoms with van der Waals surface area (Å²) in [6.45, 7) is 0.353. The summed E-state index contributed by atoms with van der Waals surface area (Å²) in [5.74, 6) is 0. The highest BCUT2D eigenvalue weighted by atomic mass is 32.2. The molecule has 0 saturated heterocycles. The van der Waals surface area contributed by atoms with Gasteiger partial charge in [-0.2, -0.15) is 0 Å². The van der Waals surface area contributed by atoms with Crippen LogP contribution in [0.25, 0.3) is 0 Å². The number of hydrogen-bond donors (Lipinski definition) is 2. The average molecular weight is 227 g/mol. The molecule has 1 aromatic heterocycles. The fourth-order valence-electron chi connectivity index (χ4n) is 1.28. The Morgan fingerprint density at radius 1 is 1.47 bits per heavy atom. The summed E-state index contributed by atoms with van der Waals surface area (Å²) in [6.07, 6.45) is 4.60. The van der Waals surface area contributed by atoms with Crippen molar-refractivity contribution in [3.63, 3.8) is 0 Å². The quantitative estimate of drug-likeness (QED) is 0.781. The van der Waals surface area contributed by atoms with Gasteiger partial charge in [-0.15, -0.1) is 0 Å². The molecule has 82 valence electrons. The lowest BCUT2D eigenvalue weighted by atomic mass is 10.3. The summed E-state index contributed by atoms with van der Waals surface area (Å²) in [6, 6.07) is 1.70. The zero-order valence-electron chi connectivity index (χ0n) is 8.18. The van der Waals surface area contributed by atoms with Crippen LogP contribution in [0.5, 0.6) is 0 Å². The van der Waals surface area contributed by atoms with Crippen LogP contribution in [0.1, 0.15) is 18.4 Å². The van der Waals surface area contributed by atoms with E-state index >= 15 is 0 Å². The van der Waals surface area contributed by atoms with Gasteiger partial charge in [0, 0.05) is 12.7 Å². The van der Waals surface area contributed by atoms with Crippen molar-refractivity contribution < 1.29 is 8.42 Å². The second-order valence-electron chi connectivity index (χ2n) is 3.63. The first-order valence-electron chi connectivity index (χ1n) is 4.77. The Hall–Kier alpha value is -1.14. The Morgan fingerprint density at radius 3 is 2.80 bits per heavy atom. The van der Waals surface area contributed by atoms with Crippen LogP contribution >= 0.6 is 0 Å². The molecular weight excluding hydrogens is 214 g/mol. The van der Waals surface area contributed by atoms with Crippen LogP contribution in [-0.2, 0) is 16.6 Å². The van der Waals surface area contributed by atoms with E-state index in [0.717, 1.165) is 18.4 Å². The Morgan fingerprint density at radius 2 is 2.20 bits per heavy atom. The van der Waals surface area contributed by atoms with Crippen molar-refractivity contribution in [2.24, 2.45) is 5.73 Å². The first-order chi connectivity index (χ1) is 7.12. The maximum atomic E-state index is 11.6. The van der Waals surface area contributed by atoms with Gasteiger partial charge in [0.1, 0.15) is 0 Å². The van der Waals surface area contributed by atoms with Gasteiger partial charge < -0.3 is 5.73 Å². The van der Waals surface area contributed by atoms with Crippen LogP contribution in [0.2, 0.25) is 0 Å². The fourth-order valence-corrected chi connectivity index (χ4v) is 2.64. The molecule has 1 heterocycles. The number of anilines is 1. The number of nitrogens with two attached hydrogens (primary N) is 1. The molecule has 0 unspecified atom stereocenters. The van der Waals surface area contributed by atoms with Gasteiger partial charge in [0.25, 0.3) is 0 Å². The number of nitrogens with zero attached hydrogens (tertiary/aromatic N) is 1.